The van der Waals surface area contributed by atoms with E-state index in [2.05, 4.69) is 5.32 Å². The van der Waals surface area contributed by atoms with E-state index in [0.29, 0.717) is 38.3 Å². The zero-order valence-electron chi connectivity index (χ0n) is 17.3. The summed E-state index contributed by atoms with van der Waals surface area (Å²) in [5.41, 5.74) is 2.77. The van der Waals surface area contributed by atoms with E-state index in [4.69, 9.17) is 4.74 Å². The molecule has 4 rings (SSSR count). The number of anilines is 2. The lowest BCUT2D eigenvalue weighted by molar-refractivity contribution is -0.125. The molecule has 2 aromatic carbocycles. The van der Waals surface area contributed by atoms with Gasteiger partial charge in [0.1, 0.15) is 0 Å². The molecule has 2 aliphatic rings. The average Bonchev–Trinajstić information content (AvgIpc) is 2.79. The van der Waals surface area contributed by atoms with Crippen LogP contribution in [0.5, 0.6) is 0 Å². The zero-order valence-corrected chi connectivity index (χ0v) is 18.1. The molecular weight excluding hydrogens is 400 g/mol. The fourth-order valence-electron chi connectivity index (χ4n) is 4.46. The molecule has 30 heavy (non-hydrogen) atoms. The quantitative estimate of drug-likeness (QED) is 0.791. The van der Waals surface area contributed by atoms with Crippen molar-refractivity contribution in [3.63, 3.8) is 0 Å². The molecule has 0 atom stereocenters. The summed E-state index contributed by atoms with van der Waals surface area (Å²) < 4.78 is 31.9. The van der Waals surface area contributed by atoms with E-state index in [-0.39, 0.29) is 11.7 Å². The highest BCUT2D eigenvalue weighted by Crippen LogP contribution is 2.37. The molecule has 7 heteroatoms. The van der Waals surface area contributed by atoms with Crippen molar-refractivity contribution in [2.75, 3.05) is 35.1 Å². The molecule has 6 nitrogen and oxygen atoms in total. The van der Waals surface area contributed by atoms with Gasteiger partial charge in [-0.25, -0.2) is 8.42 Å². The lowest BCUT2D eigenvalue weighted by Crippen LogP contribution is -2.44. The second-order valence-corrected chi connectivity index (χ2v) is 10.1. The van der Waals surface area contributed by atoms with Gasteiger partial charge in [-0.15, -0.1) is 0 Å². The summed E-state index contributed by atoms with van der Waals surface area (Å²) in [7, 11) is -3.30. The van der Waals surface area contributed by atoms with E-state index in [1.807, 2.05) is 42.5 Å². The standard InChI is InChI=1S/C23H28N2O4S/c1-2-30(27,28)25-14-6-7-18-17-20(10-11-21(18)25)24-22(26)23(12-15-29-16-13-23)19-8-4-3-5-9-19/h3-5,8-11,17H,2,6-7,12-16H2,1H3,(H,24,26). The van der Waals surface area contributed by atoms with E-state index in [9.17, 15) is 13.2 Å². The zero-order chi connectivity index (χ0) is 21.2. The van der Waals surface area contributed by atoms with Crippen LogP contribution in [-0.2, 0) is 31.4 Å². The Balaban J connectivity index is 1.62. The van der Waals surface area contributed by atoms with Crippen LogP contribution >= 0.6 is 0 Å². The van der Waals surface area contributed by atoms with Crippen LogP contribution in [0.3, 0.4) is 0 Å². The van der Waals surface area contributed by atoms with Gasteiger partial charge in [0.05, 0.1) is 16.9 Å². The van der Waals surface area contributed by atoms with Crippen molar-refractivity contribution in [3.8, 4) is 0 Å². The summed E-state index contributed by atoms with van der Waals surface area (Å²) in [6, 6.07) is 15.4. The highest BCUT2D eigenvalue weighted by atomic mass is 32.2. The molecule has 1 saturated heterocycles. The minimum atomic E-state index is -3.30. The molecule has 0 saturated carbocycles. The maximum atomic E-state index is 13.5. The molecule has 0 bridgehead atoms. The number of ether oxygens (including phenoxy) is 1. The Labute approximate surface area is 178 Å². The highest BCUT2D eigenvalue weighted by Gasteiger charge is 2.41. The third-order valence-electron chi connectivity index (χ3n) is 6.22. The number of carbonyl (C=O) groups is 1. The number of hydrogen-bond acceptors (Lipinski definition) is 4. The topological polar surface area (TPSA) is 75.7 Å². The number of sulfonamides is 1. The maximum Gasteiger partial charge on any atom is 0.235 e. The number of carbonyl (C=O) groups excluding carboxylic acids is 1. The number of nitrogens with one attached hydrogen (secondary N) is 1. The molecule has 1 N–H and O–H groups in total. The molecule has 2 aliphatic heterocycles. The summed E-state index contributed by atoms with van der Waals surface area (Å²) in [5.74, 6) is 0.0397. The predicted molar refractivity (Wildman–Crippen MR) is 118 cm³/mol. The van der Waals surface area contributed by atoms with E-state index < -0.39 is 15.4 Å². The molecule has 2 aromatic rings. The number of rotatable bonds is 5. The smallest absolute Gasteiger partial charge is 0.235 e. The van der Waals surface area contributed by atoms with Crippen LogP contribution in [0.15, 0.2) is 48.5 Å². The fraction of sp³-hybridized carbons (Fsp3) is 0.435. The Kier molecular flexibility index (Phi) is 5.84. The van der Waals surface area contributed by atoms with Crippen molar-refractivity contribution >= 4 is 27.3 Å². The largest absolute Gasteiger partial charge is 0.381 e. The average molecular weight is 429 g/mol. The first kappa shape index (κ1) is 20.9. The summed E-state index contributed by atoms with van der Waals surface area (Å²) in [6.07, 6.45) is 2.84. The predicted octanol–water partition coefficient (Wildman–Crippen LogP) is 3.48. The third kappa shape index (κ3) is 3.84. The van der Waals surface area contributed by atoms with Gasteiger partial charge in [-0.2, -0.15) is 0 Å². The summed E-state index contributed by atoms with van der Waals surface area (Å²) in [4.78, 5) is 13.5. The number of amides is 1. The molecule has 0 aliphatic carbocycles. The fourth-order valence-corrected chi connectivity index (χ4v) is 5.66. The second kappa shape index (κ2) is 8.40. The van der Waals surface area contributed by atoms with Crippen LogP contribution in [-0.4, -0.2) is 39.8 Å². The van der Waals surface area contributed by atoms with Gasteiger partial charge < -0.3 is 10.1 Å². The van der Waals surface area contributed by atoms with Gasteiger partial charge in [0, 0.05) is 25.4 Å². The van der Waals surface area contributed by atoms with E-state index in [0.717, 1.165) is 29.7 Å². The van der Waals surface area contributed by atoms with Gasteiger partial charge in [0.2, 0.25) is 15.9 Å². The van der Waals surface area contributed by atoms with Crippen molar-refractivity contribution in [2.24, 2.45) is 0 Å². The van der Waals surface area contributed by atoms with Crippen LogP contribution < -0.4 is 9.62 Å². The van der Waals surface area contributed by atoms with Gasteiger partial charge in [0.25, 0.3) is 0 Å². The van der Waals surface area contributed by atoms with Crippen LogP contribution in [0.25, 0.3) is 0 Å². The Morgan fingerprint density at radius 2 is 1.87 bits per heavy atom. The van der Waals surface area contributed by atoms with Crippen molar-refractivity contribution in [2.45, 2.75) is 38.0 Å². The normalized spacial score (nSPS) is 18.5. The highest BCUT2D eigenvalue weighted by molar-refractivity contribution is 7.92. The molecule has 0 aromatic heterocycles. The van der Waals surface area contributed by atoms with Crippen molar-refractivity contribution in [3.05, 3.63) is 59.7 Å². The van der Waals surface area contributed by atoms with Gasteiger partial charge in [-0.3, -0.25) is 9.10 Å². The molecule has 2 heterocycles. The lowest BCUT2D eigenvalue weighted by atomic mass is 9.73. The van der Waals surface area contributed by atoms with Gasteiger partial charge >= 0.3 is 0 Å². The molecular formula is C23H28N2O4S. The molecule has 0 radical (unpaired) electrons. The van der Waals surface area contributed by atoms with Gasteiger partial charge in [-0.05, 0) is 61.9 Å². The SMILES string of the molecule is CCS(=O)(=O)N1CCCc2cc(NC(=O)C3(c4ccccc4)CCOCC3)ccc21. The minimum Gasteiger partial charge on any atom is -0.381 e. The van der Waals surface area contributed by atoms with Crippen LogP contribution in [0.1, 0.15) is 37.3 Å². The van der Waals surface area contributed by atoms with Crippen LogP contribution in [0, 0.1) is 0 Å². The number of benzene rings is 2. The Morgan fingerprint density at radius 3 is 2.57 bits per heavy atom. The number of fused-ring (bicyclic) bond motifs is 1. The second-order valence-electron chi connectivity index (χ2n) is 7.93. The van der Waals surface area contributed by atoms with Crippen molar-refractivity contribution < 1.29 is 17.9 Å². The molecule has 0 unspecified atom stereocenters. The number of aryl methyl sites for hydroxylation is 1. The lowest BCUT2D eigenvalue weighted by Gasteiger charge is -2.36. The first-order valence-electron chi connectivity index (χ1n) is 10.5. The molecule has 1 amide bonds. The summed E-state index contributed by atoms with van der Waals surface area (Å²) >= 11 is 0. The van der Waals surface area contributed by atoms with Crippen molar-refractivity contribution in [1.29, 1.82) is 0 Å². The van der Waals surface area contributed by atoms with Crippen LogP contribution in [0.2, 0.25) is 0 Å². The molecule has 0 spiro atoms. The number of hydrogen-bond donors (Lipinski definition) is 1. The van der Waals surface area contributed by atoms with E-state index in [1.54, 1.807) is 13.0 Å². The maximum absolute atomic E-state index is 13.5. The van der Waals surface area contributed by atoms with Gasteiger partial charge in [-0.1, -0.05) is 30.3 Å². The minimum absolute atomic E-state index is 0.0363. The molecule has 160 valence electrons. The summed E-state index contributed by atoms with van der Waals surface area (Å²) in [6.45, 7) is 3.27. The summed E-state index contributed by atoms with van der Waals surface area (Å²) in [5, 5.41) is 3.11. The Bertz CT molecular complexity index is 1010. The molecule has 1 fully saturated rings. The van der Waals surface area contributed by atoms with Gasteiger partial charge in [0.15, 0.2) is 0 Å². The Hall–Kier alpha value is -2.38. The third-order valence-corrected chi connectivity index (χ3v) is 8.00. The van der Waals surface area contributed by atoms with E-state index >= 15 is 0 Å². The Morgan fingerprint density at radius 1 is 1.13 bits per heavy atom. The van der Waals surface area contributed by atoms with E-state index in [1.165, 1.54) is 4.31 Å². The van der Waals surface area contributed by atoms with Crippen LogP contribution in [0.4, 0.5) is 11.4 Å². The monoisotopic (exact) mass is 428 g/mol. The number of nitrogens with zero attached hydrogens (tertiary/aromatic N) is 1. The van der Waals surface area contributed by atoms with Crippen molar-refractivity contribution in [1.82, 2.24) is 0 Å². The first-order valence-corrected chi connectivity index (χ1v) is 12.2. The first-order chi connectivity index (χ1) is 14.5.